The van der Waals surface area contributed by atoms with Crippen LogP contribution >= 0.6 is 0 Å². The molecule has 0 saturated heterocycles. The highest BCUT2D eigenvalue weighted by atomic mass is 19.4. The molecule has 2 aliphatic rings. The van der Waals surface area contributed by atoms with E-state index < -0.39 is 30.3 Å². The van der Waals surface area contributed by atoms with E-state index in [-0.39, 0.29) is 36.1 Å². The standard InChI is InChI=1S/C16H20F5N5O/c1-7(16(19,20)21)23-15-25-13(9-4-5-10(17)12(27)11(9)18)24-14(26-15)22-6-8-2-3-8/h7-8,10,12,27H,2-6H2,1H3,(H2,22,23,24,25,26)/t7-,10?,12-/m1/s1. The van der Waals surface area contributed by atoms with E-state index in [4.69, 9.17) is 0 Å². The van der Waals surface area contributed by atoms with Gasteiger partial charge in [-0.3, -0.25) is 0 Å². The van der Waals surface area contributed by atoms with Crippen LogP contribution in [-0.2, 0) is 0 Å². The first kappa shape index (κ1) is 19.7. The van der Waals surface area contributed by atoms with Crippen molar-refractivity contribution < 1.29 is 27.1 Å². The number of aromatic nitrogens is 3. The molecule has 1 aromatic rings. The van der Waals surface area contributed by atoms with Gasteiger partial charge in [-0.15, -0.1) is 0 Å². The Morgan fingerprint density at radius 3 is 2.44 bits per heavy atom. The van der Waals surface area contributed by atoms with Crippen LogP contribution in [0.25, 0.3) is 5.57 Å². The normalized spacial score (nSPS) is 24.7. The van der Waals surface area contributed by atoms with Gasteiger partial charge in [0.15, 0.2) is 5.82 Å². The van der Waals surface area contributed by atoms with Crippen molar-refractivity contribution in [2.24, 2.45) is 5.92 Å². The van der Waals surface area contributed by atoms with Crippen LogP contribution < -0.4 is 10.6 Å². The van der Waals surface area contributed by atoms with Gasteiger partial charge in [-0.05, 0) is 38.5 Å². The van der Waals surface area contributed by atoms with E-state index in [0.29, 0.717) is 12.5 Å². The van der Waals surface area contributed by atoms with Crippen molar-refractivity contribution in [2.45, 2.75) is 57.1 Å². The lowest BCUT2D eigenvalue weighted by molar-refractivity contribution is -0.138. The lowest BCUT2D eigenvalue weighted by Crippen LogP contribution is -2.34. The van der Waals surface area contributed by atoms with Crippen LogP contribution in [0.1, 0.15) is 38.4 Å². The van der Waals surface area contributed by atoms with E-state index in [1.54, 1.807) is 0 Å². The second kappa shape index (κ2) is 7.53. The summed E-state index contributed by atoms with van der Waals surface area (Å²) in [6.45, 7) is 1.44. The molecule has 0 spiro atoms. The number of aliphatic hydroxyl groups is 1. The number of allylic oxidation sites excluding steroid dienone is 1. The third-order valence-corrected chi connectivity index (χ3v) is 4.55. The fraction of sp³-hybridized carbons (Fsp3) is 0.688. The number of nitrogens with zero attached hydrogens (tertiary/aromatic N) is 3. The summed E-state index contributed by atoms with van der Waals surface area (Å²) >= 11 is 0. The Morgan fingerprint density at radius 1 is 1.15 bits per heavy atom. The molecule has 27 heavy (non-hydrogen) atoms. The summed E-state index contributed by atoms with van der Waals surface area (Å²) in [5.41, 5.74) is -0.129. The number of aliphatic hydroxyl groups excluding tert-OH is 1. The molecule has 3 rings (SSSR count). The van der Waals surface area contributed by atoms with Gasteiger partial charge in [0, 0.05) is 12.1 Å². The van der Waals surface area contributed by atoms with Crippen LogP contribution in [0.5, 0.6) is 0 Å². The number of hydrogen-bond donors (Lipinski definition) is 3. The second-order valence-corrected chi connectivity index (χ2v) is 6.86. The molecule has 1 heterocycles. The molecule has 3 N–H and O–H groups in total. The molecule has 0 aliphatic heterocycles. The van der Waals surface area contributed by atoms with Crippen LogP contribution in [0.15, 0.2) is 5.83 Å². The summed E-state index contributed by atoms with van der Waals surface area (Å²) in [5, 5.41) is 14.6. The van der Waals surface area contributed by atoms with Crippen LogP contribution in [0, 0.1) is 5.92 Å². The molecule has 2 aliphatic carbocycles. The number of halogens is 5. The molecular weight excluding hydrogens is 373 g/mol. The monoisotopic (exact) mass is 393 g/mol. The average Bonchev–Trinajstić information content (AvgIpc) is 3.41. The van der Waals surface area contributed by atoms with E-state index in [0.717, 1.165) is 19.8 Å². The van der Waals surface area contributed by atoms with E-state index in [1.807, 2.05) is 0 Å². The molecule has 0 bridgehead atoms. The summed E-state index contributed by atoms with van der Waals surface area (Å²) in [7, 11) is 0. The Morgan fingerprint density at radius 2 is 1.81 bits per heavy atom. The maximum absolute atomic E-state index is 14.3. The molecule has 11 heteroatoms. The highest BCUT2D eigenvalue weighted by Crippen LogP contribution is 2.34. The summed E-state index contributed by atoms with van der Waals surface area (Å²) in [6.07, 6.45) is -6.35. The van der Waals surface area contributed by atoms with Gasteiger partial charge in [0.1, 0.15) is 24.1 Å². The largest absolute Gasteiger partial charge is 0.408 e. The van der Waals surface area contributed by atoms with Gasteiger partial charge in [0.25, 0.3) is 0 Å². The highest BCUT2D eigenvalue weighted by molar-refractivity contribution is 5.65. The summed E-state index contributed by atoms with van der Waals surface area (Å²) in [4.78, 5) is 11.8. The van der Waals surface area contributed by atoms with Gasteiger partial charge in [-0.2, -0.15) is 28.1 Å². The SMILES string of the molecule is C[C@@H](Nc1nc(NCC2CC2)nc(C2=C(F)[C@H](O)C(F)CC2)n1)C(F)(F)F. The van der Waals surface area contributed by atoms with Crippen LogP contribution in [0.3, 0.4) is 0 Å². The van der Waals surface area contributed by atoms with Crippen molar-refractivity contribution in [1.82, 2.24) is 15.0 Å². The molecule has 1 unspecified atom stereocenters. The van der Waals surface area contributed by atoms with E-state index in [9.17, 15) is 27.1 Å². The fourth-order valence-electron chi connectivity index (χ4n) is 2.60. The summed E-state index contributed by atoms with van der Waals surface area (Å²) in [5.74, 6) is -1.26. The van der Waals surface area contributed by atoms with Crippen molar-refractivity contribution >= 4 is 17.5 Å². The van der Waals surface area contributed by atoms with Gasteiger partial charge < -0.3 is 15.7 Å². The Balaban J connectivity index is 1.91. The lowest BCUT2D eigenvalue weighted by atomic mass is 9.94. The average molecular weight is 393 g/mol. The third kappa shape index (κ3) is 4.82. The number of alkyl halides is 4. The van der Waals surface area contributed by atoms with Crippen molar-refractivity contribution in [1.29, 1.82) is 0 Å². The minimum absolute atomic E-state index is 0.000867. The second-order valence-electron chi connectivity index (χ2n) is 6.86. The number of rotatable bonds is 6. The lowest BCUT2D eigenvalue weighted by Gasteiger charge is -2.23. The van der Waals surface area contributed by atoms with E-state index in [2.05, 4.69) is 25.6 Å². The zero-order chi connectivity index (χ0) is 19.8. The highest BCUT2D eigenvalue weighted by Gasteiger charge is 2.37. The van der Waals surface area contributed by atoms with Crippen molar-refractivity contribution in [3.8, 4) is 0 Å². The molecular formula is C16H20F5N5O. The van der Waals surface area contributed by atoms with Crippen molar-refractivity contribution in [2.75, 3.05) is 17.2 Å². The first-order valence-electron chi connectivity index (χ1n) is 8.69. The Labute approximate surface area is 152 Å². The maximum atomic E-state index is 14.3. The molecule has 1 aromatic heterocycles. The minimum Gasteiger partial charge on any atom is -0.383 e. The predicted octanol–water partition coefficient (Wildman–Crippen LogP) is 3.23. The molecule has 3 atom stereocenters. The number of nitrogens with one attached hydrogen (secondary N) is 2. The zero-order valence-electron chi connectivity index (χ0n) is 14.5. The maximum Gasteiger partial charge on any atom is 0.408 e. The van der Waals surface area contributed by atoms with Crippen LogP contribution in [-0.4, -0.2) is 51.1 Å². The predicted molar refractivity (Wildman–Crippen MR) is 88.3 cm³/mol. The van der Waals surface area contributed by atoms with E-state index in [1.165, 1.54) is 0 Å². The van der Waals surface area contributed by atoms with E-state index >= 15 is 0 Å². The molecule has 1 fully saturated rings. The van der Waals surface area contributed by atoms with Crippen LogP contribution in [0.2, 0.25) is 0 Å². The van der Waals surface area contributed by atoms with Gasteiger partial charge >= 0.3 is 6.18 Å². The Kier molecular flexibility index (Phi) is 5.50. The van der Waals surface area contributed by atoms with Crippen LogP contribution in [0.4, 0.5) is 33.8 Å². The third-order valence-electron chi connectivity index (χ3n) is 4.55. The topological polar surface area (TPSA) is 83.0 Å². The number of anilines is 2. The first-order valence-corrected chi connectivity index (χ1v) is 8.69. The first-order chi connectivity index (χ1) is 12.6. The zero-order valence-corrected chi connectivity index (χ0v) is 14.5. The fourth-order valence-corrected chi connectivity index (χ4v) is 2.60. The van der Waals surface area contributed by atoms with Gasteiger partial charge in [-0.25, -0.2) is 8.78 Å². The van der Waals surface area contributed by atoms with Crippen molar-refractivity contribution in [3.05, 3.63) is 11.7 Å². The number of hydrogen-bond acceptors (Lipinski definition) is 6. The van der Waals surface area contributed by atoms with Gasteiger partial charge in [0.2, 0.25) is 11.9 Å². The minimum atomic E-state index is -4.53. The molecule has 0 aromatic carbocycles. The van der Waals surface area contributed by atoms with Gasteiger partial charge in [-0.1, -0.05) is 0 Å². The van der Waals surface area contributed by atoms with Gasteiger partial charge in [0.05, 0.1) is 0 Å². The molecule has 150 valence electrons. The summed E-state index contributed by atoms with van der Waals surface area (Å²) < 4.78 is 66.2. The quantitative estimate of drug-likeness (QED) is 0.644. The molecule has 0 radical (unpaired) electrons. The summed E-state index contributed by atoms with van der Waals surface area (Å²) in [6, 6.07) is -1.94. The smallest absolute Gasteiger partial charge is 0.383 e. The Hall–Kier alpha value is -2.04. The molecule has 6 nitrogen and oxygen atoms in total. The Bertz CT molecular complexity index is 722. The molecule has 0 amide bonds. The molecule has 1 saturated carbocycles. The van der Waals surface area contributed by atoms with Crippen molar-refractivity contribution in [3.63, 3.8) is 0 Å².